The normalized spacial score (nSPS) is 13.5. The Morgan fingerprint density at radius 3 is 2.59 bits per heavy atom. The average Bonchev–Trinajstić information content (AvgIpc) is 3.33. The number of carbonyl (C=O) groups is 2. The number of ether oxygens (including phenoxy) is 1. The van der Waals surface area contributed by atoms with Gasteiger partial charge >= 0.3 is 0 Å². The molecule has 0 spiro atoms. The van der Waals surface area contributed by atoms with E-state index >= 15 is 0 Å². The molecule has 0 aliphatic carbocycles. The first-order chi connectivity index (χ1) is 16.5. The van der Waals surface area contributed by atoms with Gasteiger partial charge in [-0.1, -0.05) is 12.1 Å². The maximum Gasteiger partial charge on any atom is 0.254 e. The number of carbonyl (C=O) groups excluding carboxylic acids is 2. The van der Waals surface area contributed by atoms with Crippen molar-refractivity contribution < 1.29 is 23.1 Å². The Morgan fingerprint density at radius 1 is 1.09 bits per heavy atom. The highest BCUT2D eigenvalue weighted by atomic mass is 32.1. The molecule has 3 aromatic rings. The fourth-order valence-corrected chi connectivity index (χ4v) is 4.35. The van der Waals surface area contributed by atoms with Gasteiger partial charge in [0, 0.05) is 48.8 Å². The van der Waals surface area contributed by atoms with Gasteiger partial charge in [-0.15, -0.1) is 11.3 Å². The number of hydrogen-bond donors (Lipinski definition) is 2. The Morgan fingerprint density at radius 2 is 1.85 bits per heavy atom. The van der Waals surface area contributed by atoms with E-state index in [1.165, 1.54) is 0 Å². The summed E-state index contributed by atoms with van der Waals surface area (Å²) in [6, 6.07) is 10.2. The topological polar surface area (TPSA) is 83.6 Å². The van der Waals surface area contributed by atoms with Crippen molar-refractivity contribution in [2.24, 2.45) is 0 Å². The van der Waals surface area contributed by atoms with Crippen molar-refractivity contribution in [3.8, 4) is 11.3 Å². The van der Waals surface area contributed by atoms with Crippen LogP contribution in [-0.2, 0) is 9.53 Å². The summed E-state index contributed by atoms with van der Waals surface area (Å²) in [5.41, 5.74) is 2.28. The predicted octanol–water partition coefficient (Wildman–Crippen LogP) is 4.07. The van der Waals surface area contributed by atoms with Crippen LogP contribution in [0.25, 0.3) is 11.3 Å². The van der Waals surface area contributed by atoms with Crippen molar-refractivity contribution in [3.05, 3.63) is 65.0 Å². The monoisotopic (exact) mass is 486 g/mol. The third-order valence-electron chi connectivity index (χ3n) is 5.28. The number of amides is 2. The molecule has 4 rings (SSSR count). The van der Waals surface area contributed by atoms with Gasteiger partial charge in [0.05, 0.1) is 24.5 Å². The van der Waals surface area contributed by atoms with E-state index in [2.05, 4.69) is 15.5 Å². The van der Waals surface area contributed by atoms with E-state index < -0.39 is 17.5 Å². The molecule has 2 amide bonds. The first-order valence-electron chi connectivity index (χ1n) is 10.9. The van der Waals surface area contributed by atoms with Gasteiger partial charge in [-0.25, -0.2) is 13.8 Å². The number of anilines is 2. The predicted molar refractivity (Wildman–Crippen MR) is 127 cm³/mol. The molecule has 0 atom stereocenters. The summed E-state index contributed by atoms with van der Waals surface area (Å²) in [6.45, 7) is 3.29. The Hall–Kier alpha value is -3.37. The molecule has 0 radical (unpaired) electrons. The van der Waals surface area contributed by atoms with E-state index in [1.54, 1.807) is 11.3 Å². The van der Waals surface area contributed by atoms with Crippen molar-refractivity contribution in [2.45, 2.75) is 12.8 Å². The zero-order chi connectivity index (χ0) is 23.9. The number of nitrogens with one attached hydrogen (secondary N) is 2. The lowest BCUT2D eigenvalue weighted by Crippen LogP contribution is -2.36. The standard InChI is InChI=1S/C24H24F2N4O3S/c25-17-5-8-19(20(26)14-17)23(32)27-9-1-2-22(31)28-18-6-3-16(4-7-18)21-15-34-24(29-21)30-10-12-33-13-11-30/h3-8,14-15H,1-2,9-13H2,(H,27,32)(H,28,31). The Labute approximate surface area is 199 Å². The molecular formula is C24H24F2N4O3S. The second-order valence-electron chi connectivity index (χ2n) is 7.72. The van der Waals surface area contributed by atoms with Crippen molar-refractivity contribution in [2.75, 3.05) is 43.1 Å². The minimum absolute atomic E-state index is 0.183. The largest absolute Gasteiger partial charge is 0.378 e. The lowest BCUT2D eigenvalue weighted by Gasteiger charge is -2.26. The Bertz CT molecular complexity index is 1150. The summed E-state index contributed by atoms with van der Waals surface area (Å²) in [7, 11) is 0. The fourth-order valence-electron chi connectivity index (χ4n) is 3.46. The molecule has 10 heteroatoms. The SMILES string of the molecule is O=C(CCCNC(=O)c1ccc(F)cc1F)Nc1ccc(-c2csc(N3CCOCC3)n2)cc1. The molecule has 7 nitrogen and oxygen atoms in total. The number of thiazole rings is 1. The van der Waals surface area contributed by atoms with Gasteiger partial charge in [-0.05, 0) is 30.7 Å². The summed E-state index contributed by atoms with van der Waals surface area (Å²) in [5.74, 6) is -2.51. The zero-order valence-corrected chi connectivity index (χ0v) is 19.2. The molecule has 34 heavy (non-hydrogen) atoms. The van der Waals surface area contributed by atoms with Gasteiger partial charge in [-0.2, -0.15) is 0 Å². The Kier molecular flexibility index (Phi) is 7.81. The van der Waals surface area contributed by atoms with Crippen LogP contribution in [0, 0.1) is 11.6 Å². The smallest absolute Gasteiger partial charge is 0.254 e. The van der Waals surface area contributed by atoms with Crippen LogP contribution < -0.4 is 15.5 Å². The zero-order valence-electron chi connectivity index (χ0n) is 18.4. The van der Waals surface area contributed by atoms with Crippen LogP contribution in [0.3, 0.4) is 0 Å². The lowest BCUT2D eigenvalue weighted by atomic mass is 10.1. The van der Waals surface area contributed by atoms with E-state index in [1.807, 2.05) is 29.6 Å². The van der Waals surface area contributed by atoms with E-state index in [9.17, 15) is 18.4 Å². The molecule has 1 aliphatic heterocycles. The quantitative estimate of drug-likeness (QED) is 0.469. The molecule has 1 saturated heterocycles. The van der Waals surface area contributed by atoms with Crippen LogP contribution in [0.15, 0.2) is 47.8 Å². The van der Waals surface area contributed by atoms with Gasteiger partial charge in [-0.3, -0.25) is 9.59 Å². The fraction of sp³-hybridized carbons (Fsp3) is 0.292. The highest BCUT2D eigenvalue weighted by Crippen LogP contribution is 2.28. The second kappa shape index (κ2) is 11.2. The van der Waals surface area contributed by atoms with Crippen LogP contribution in [0.1, 0.15) is 23.2 Å². The van der Waals surface area contributed by atoms with Crippen molar-refractivity contribution in [3.63, 3.8) is 0 Å². The molecule has 2 heterocycles. The van der Waals surface area contributed by atoms with E-state index in [0.717, 1.165) is 41.6 Å². The summed E-state index contributed by atoms with van der Waals surface area (Å²) < 4.78 is 32.0. The number of hydrogen-bond acceptors (Lipinski definition) is 6. The minimum Gasteiger partial charge on any atom is -0.378 e. The van der Waals surface area contributed by atoms with Crippen LogP contribution in [0.2, 0.25) is 0 Å². The van der Waals surface area contributed by atoms with E-state index in [-0.39, 0.29) is 24.4 Å². The molecule has 178 valence electrons. The van der Waals surface area contributed by atoms with Crippen LogP contribution in [-0.4, -0.2) is 49.6 Å². The molecule has 1 fully saturated rings. The summed E-state index contributed by atoms with van der Waals surface area (Å²) >= 11 is 1.60. The van der Waals surface area contributed by atoms with Crippen LogP contribution >= 0.6 is 11.3 Å². The maximum atomic E-state index is 13.6. The summed E-state index contributed by atoms with van der Waals surface area (Å²) in [4.78, 5) is 31.1. The number of benzene rings is 2. The maximum absolute atomic E-state index is 13.6. The van der Waals surface area contributed by atoms with Gasteiger partial charge in [0.15, 0.2) is 5.13 Å². The van der Waals surface area contributed by atoms with Gasteiger partial charge in [0.25, 0.3) is 5.91 Å². The number of rotatable bonds is 8. The van der Waals surface area contributed by atoms with Gasteiger partial charge in [0.1, 0.15) is 11.6 Å². The van der Waals surface area contributed by atoms with E-state index in [0.29, 0.717) is 31.4 Å². The lowest BCUT2D eigenvalue weighted by molar-refractivity contribution is -0.116. The third kappa shape index (κ3) is 6.15. The summed E-state index contributed by atoms with van der Waals surface area (Å²) in [5, 5.41) is 8.35. The molecule has 1 aliphatic rings. The van der Waals surface area contributed by atoms with E-state index in [4.69, 9.17) is 9.72 Å². The van der Waals surface area contributed by atoms with Gasteiger partial charge < -0.3 is 20.3 Å². The van der Waals surface area contributed by atoms with Crippen LogP contribution in [0.4, 0.5) is 19.6 Å². The number of nitrogens with zero attached hydrogens (tertiary/aromatic N) is 2. The van der Waals surface area contributed by atoms with Crippen molar-refractivity contribution in [1.82, 2.24) is 10.3 Å². The number of aromatic nitrogens is 1. The molecule has 0 saturated carbocycles. The molecular weight excluding hydrogens is 462 g/mol. The number of morpholine rings is 1. The van der Waals surface area contributed by atoms with Crippen LogP contribution in [0.5, 0.6) is 0 Å². The van der Waals surface area contributed by atoms with Crippen molar-refractivity contribution >= 4 is 34.0 Å². The first kappa shape index (κ1) is 23.8. The second-order valence-corrected chi connectivity index (χ2v) is 8.56. The molecule has 2 aromatic carbocycles. The number of halogens is 2. The molecule has 2 N–H and O–H groups in total. The Balaban J connectivity index is 1.21. The average molecular weight is 487 g/mol. The molecule has 1 aromatic heterocycles. The minimum atomic E-state index is -0.923. The molecule has 0 unspecified atom stereocenters. The highest BCUT2D eigenvalue weighted by molar-refractivity contribution is 7.14. The molecule has 0 bridgehead atoms. The highest BCUT2D eigenvalue weighted by Gasteiger charge is 2.15. The first-order valence-corrected chi connectivity index (χ1v) is 11.8. The van der Waals surface area contributed by atoms with Crippen molar-refractivity contribution in [1.29, 1.82) is 0 Å². The summed E-state index contributed by atoms with van der Waals surface area (Å²) in [6.07, 6.45) is 0.560. The van der Waals surface area contributed by atoms with Gasteiger partial charge in [0.2, 0.25) is 5.91 Å². The third-order valence-corrected chi connectivity index (χ3v) is 6.18.